The number of anilines is 1. The van der Waals surface area contributed by atoms with Gasteiger partial charge in [0.25, 0.3) is 0 Å². The monoisotopic (exact) mass is 327 g/mol. The molecule has 0 aliphatic carbocycles. The molecule has 0 radical (unpaired) electrons. The van der Waals surface area contributed by atoms with Crippen molar-refractivity contribution in [3.63, 3.8) is 0 Å². The van der Waals surface area contributed by atoms with Crippen molar-refractivity contribution < 1.29 is 13.2 Å². The Balaban J connectivity index is 2.27. The van der Waals surface area contributed by atoms with Gasteiger partial charge in [0.15, 0.2) is 0 Å². The van der Waals surface area contributed by atoms with E-state index < -0.39 is 16.1 Å². The highest BCUT2D eigenvalue weighted by Crippen LogP contribution is 2.27. The van der Waals surface area contributed by atoms with E-state index in [1.807, 2.05) is 0 Å². The van der Waals surface area contributed by atoms with Crippen molar-refractivity contribution in [2.24, 2.45) is 5.73 Å². The largest absolute Gasteiger partial charge is 0.392 e. The van der Waals surface area contributed by atoms with E-state index in [0.29, 0.717) is 18.7 Å². The zero-order valence-corrected chi connectivity index (χ0v) is 13.2. The third-order valence-corrected chi connectivity index (χ3v) is 5.51. The molecule has 1 aliphatic heterocycles. The number of nitrogens with one attached hydrogen (secondary N) is 1. The van der Waals surface area contributed by atoms with E-state index in [9.17, 15) is 13.2 Å². The van der Waals surface area contributed by atoms with Crippen LogP contribution in [-0.2, 0) is 14.8 Å². The number of benzene rings is 1. The van der Waals surface area contributed by atoms with Crippen molar-refractivity contribution in [1.29, 1.82) is 0 Å². The minimum absolute atomic E-state index is 0.166. The number of sulfonamides is 1. The summed E-state index contributed by atoms with van der Waals surface area (Å²) in [6.45, 7) is 1.81. The molecule has 1 atom stereocenters. The number of carbonyl (C=O) groups excluding carboxylic acids is 1. The standard InChI is InChI=1S/C13H17N3O3S2/c1-9(17)15-10-4-6-11(7-5-10)21(18,19)16-8-2-3-12(16)13(14)20/h4-7,12H,2-3,8H2,1H3,(H2,14,20)(H,15,17). The number of carbonyl (C=O) groups is 1. The first-order chi connectivity index (χ1) is 9.82. The first kappa shape index (κ1) is 15.9. The highest BCUT2D eigenvalue weighted by atomic mass is 32.2. The predicted octanol–water partition coefficient (Wildman–Crippen LogP) is 1.08. The second-order valence-corrected chi connectivity index (χ2v) is 7.24. The second kappa shape index (κ2) is 6.08. The molecule has 1 aromatic carbocycles. The number of hydrogen-bond donors (Lipinski definition) is 2. The van der Waals surface area contributed by atoms with E-state index in [4.69, 9.17) is 18.0 Å². The average Bonchev–Trinajstić information content (AvgIpc) is 2.88. The van der Waals surface area contributed by atoms with Gasteiger partial charge in [-0.15, -0.1) is 0 Å². The fraction of sp³-hybridized carbons (Fsp3) is 0.385. The van der Waals surface area contributed by atoms with E-state index in [1.165, 1.54) is 23.4 Å². The van der Waals surface area contributed by atoms with Crippen LogP contribution < -0.4 is 11.1 Å². The molecule has 0 saturated carbocycles. The second-order valence-electron chi connectivity index (χ2n) is 4.88. The Morgan fingerprint density at radius 3 is 2.52 bits per heavy atom. The van der Waals surface area contributed by atoms with Crippen molar-refractivity contribution >= 4 is 38.8 Å². The first-order valence-corrected chi connectivity index (χ1v) is 8.36. The molecule has 0 bridgehead atoms. The molecule has 1 saturated heterocycles. The average molecular weight is 327 g/mol. The molecule has 1 heterocycles. The van der Waals surface area contributed by atoms with E-state index in [0.717, 1.165) is 6.42 Å². The van der Waals surface area contributed by atoms with Gasteiger partial charge in [-0.25, -0.2) is 8.42 Å². The number of nitrogens with zero attached hydrogens (tertiary/aromatic N) is 1. The summed E-state index contributed by atoms with van der Waals surface area (Å²) in [5.41, 5.74) is 6.17. The Morgan fingerprint density at radius 2 is 2.00 bits per heavy atom. The van der Waals surface area contributed by atoms with Crippen molar-refractivity contribution in [2.75, 3.05) is 11.9 Å². The van der Waals surface area contributed by atoms with Gasteiger partial charge in [0.2, 0.25) is 15.9 Å². The zero-order chi connectivity index (χ0) is 15.6. The lowest BCUT2D eigenvalue weighted by molar-refractivity contribution is -0.114. The molecule has 21 heavy (non-hydrogen) atoms. The van der Waals surface area contributed by atoms with Crippen molar-refractivity contribution in [3.8, 4) is 0 Å². The molecule has 1 fully saturated rings. The smallest absolute Gasteiger partial charge is 0.243 e. The number of rotatable bonds is 4. The van der Waals surface area contributed by atoms with E-state index >= 15 is 0 Å². The van der Waals surface area contributed by atoms with Crippen LogP contribution in [0.15, 0.2) is 29.2 Å². The molecule has 6 nitrogen and oxygen atoms in total. The lowest BCUT2D eigenvalue weighted by Gasteiger charge is -2.23. The van der Waals surface area contributed by atoms with E-state index in [1.54, 1.807) is 12.1 Å². The number of thiocarbonyl (C=S) groups is 1. The summed E-state index contributed by atoms with van der Waals surface area (Å²) in [4.78, 5) is 11.3. The number of nitrogens with two attached hydrogens (primary N) is 1. The van der Waals surface area contributed by atoms with Crippen molar-refractivity contribution in [2.45, 2.75) is 30.7 Å². The summed E-state index contributed by atoms with van der Waals surface area (Å²) in [6, 6.07) is 5.63. The first-order valence-electron chi connectivity index (χ1n) is 6.51. The molecular formula is C13H17N3O3S2. The van der Waals surface area contributed by atoms with Crippen LogP contribution in [0, 0.1) is 0 Å². The topological polar surface area (TPSA) is 92.5 Å². The van der Waals surface area contributed by atoms with E-state index in [-0.39, 0.29) is 15.8 Å². The van der Waals surface area contributed by atoms with Gasteiger partial charge < -0.3 is 11.1 Å². The quantitative estimate of drug-likeness (QED) is 0.808. The van der Waals surface area contributed by atoms with Gasteiger partial charge in [-0.05, 0) is 37.1 Å². The Hall–Kier alpha value is -1.51. The van der Waals surface area contributed by atoms with Gasteiger partial charge in [0, 0.05) is 19.2 Å². The zero-order valence-electron chi connectivity index (χ0n) is 11.6. The van der Waals surface area contributed by atoms with Crippen molar-refractivity contribution in [1.82, 2.24) is 4.31 Å². The third-order valence-electron chi connectivity index (χ3n) is 3.31. The van der Waals surface area contributed by atoms with Gasteiger partial charge >= 0.3 is 0 Å². The molecule has 1 unspecified atom stereocenters. The molecule has 1 aromatic rings. The number of hydrogen-bond acceptors (Lipinski definition) is 4. The lowest BCUT2D eigenvalue weighted by Crippen LogP contribution is -2.42. The van der Waals surface area contributed by atoms with Crippen LogP contribution in [0.4, 0.5) is 5.69 Å². The van der Waals surface area contributed by atoms with Crippen molar-refractivity contribution in [3.05, 3.63) is 24.3 Å². The minimum atomic E-state index is -3.62. The fourth-order valence-electron chi connectivity index (χ4n) is 2.36. The Morgan fingerprint density at radius 1 is 1.38 bits per heavy atom. The maximum atomic E-state index is 12.6. The molecule has 8 heteroatoms. The molecule has 2 rings (SSSR count). The van der Waals surface area contributed by atoms with Crippen LogP contribution in [0.3, 0.4) is 0 Å². The van der Waals surface area contributed by atoms with Crippen LogP contribution in [0.5, 0.6) is 0 Å². The van der Waals surface area contributed by atoms with Gasteiger partial charge in [-0.1, -0.05) is 12.2 Å². The maximum absolute atomic E-state index is 12.6. The summed E-state index contributed by atoms with van der Waals surface area (Å²) in [6.07, 6.45) is 1.39. The van der Waals surface area contributed by atoms with Crippen LogP contribution in [0.2, 0.25) is 0 Å². The van der Waals surface area contributed by atoms with Gasteiger partial charge in [-0.2, -0.15) is 4.31 Å². The minimum Gasteiger partial charge on any atom is -0.392 e. The molecule has 3 N–H and O–H groups in total. The summed E-state index contributed by atoms with van der Waals surface area (Å²) < 4.78 is 26.6. The van der Waals surface area contributed by atoms with Gasteiger partial charge in [0.05, 0.1) is 15.9 Å². The molecule has 0 spiro atoms. The predicted molar refractivity (Wildman–Crippen MR) is 84.4 cm³/mol. The Labute approximate surface area is 129 Å². The molecule has 0 aromatic heterocycles. The Kier molecular flexibility index (Phi) is 4.60. The third kappa shape index (κ3) is 3.39. The maximum Gasteiger partial charge on any atom is 0.243 e. The summed E-state index contributed by atoms with van der Waals surface area (Å²) >= 11 is 4.94. The normalized spacial score (nSPS) is 19.4. The van der Waals surface area contributed by atoms with Gasteiger partial charge in [0.1, 0.15) is 0 Å². The van der Waals surface area contributed by atoms with Crippen LogP contribution in [-0.4, -0.2) is 36.2 Å². The molecule has 1 amide bonds. The summed E-state index contributed by atoms with van der Waals surface area (Å²) in [5.74, 6) is -0.210. The summed E-state index contributed by atoms with van der Waals surface area (Å²) in [5, 5.41) is 2.59. The molecular weight excluding hydrogens is 310 g/mol. The summed E-state index contributed by atoms with van der Waals surface area (Å²) in [7, 11) is -3.62. The fourth-order valence-corrected chi connectivity index (χ4v) is 4.35. The van der Waals surface area contributed by atoms with Crippen LogP contribution >= 0.6 is 12.2 Å². The molecule has 114 valence electrons. The molecule has 1 aliphatic rings. The van der Waals surface area contributed by atoms with Crippen LogP contribution in [0.1, 0.15) is 19.8 Å². The highest BCUT2D eigenvalue weighted by Gasteiger charge is 2.36. The van der Waals surface area contributed by atoms with Crippen LogP contribution in [0.25, 0.3) is 0 Å². The highest BCUT2D eigenvalue weighted by molar-refractivity contribution is 7.89. The SMILES string of the molecule is CC(=O)Nc1ccc(S(=O)(=O)N2CCCC2C(N)=S)cc1. The number of amides is 1. The van der Waals surface area contributed by atoms with Gasteiger partial charge in [-0.3, -0.25) is 4.79 Å². The Bertz CT molecular complexity index is 656. The lowest BCUT2D eigenvalue weighted by atomic mass is 10.2. The van der Waals surface area contributed by atoms with E-state index in [2.05, 4.69) is 5.32 Å².